The van der Waals surface area contributed by atoms with Crippen LogP contribution in [0.5, 0.6) is 0 Å². The van der Waals surface area contributed by atoms with Gasteiger partial charge in [0.15, 0.2) is 23.2 Å². The molecule has 1 aliphatic rings. The van der Waals surface area contributed by atoms with Gasteiger partial charge in [0.2, 0.25) is 5.28 Å². The van der Waals surface area contributed by atoms with Gasteiger partial charge in [-0.3, -0.25) is 4.57 Å². The molecule has 0 bridgehead atoms. The molecule has 4 N–H and O–H groups in total. The summed E-state index contributed by atoms with van der Waals surface area (Å²) in [7, 11) is 1.88. The highest BCUT2D eigenvalue weighted by atomic mass is 35.5. The molecule has 0 saturated carbocycles. The van der Waals surface area contributed by atoms with Crippen LogP contribution in [0.2, 0.25) is 5.28 Å². The maximum Gasteiger partial charge on any atom is 0.226 e. The lowest BCUT2D eigenvalue weighted by Gasteiger charge is -2.19. The van der Waals surface area contributed by atoms with Gasteiger partial charge in [-0.2, -0.15) is 9.97 Å². The minimum Gasteiger partial charge on any atom is -0.394 e. The fraction of sp³-hybridized carbons (Fsp3) is 0.421. The summed E-state index contributed by atoms with van der Waals surface area (Å²) >= 11 is 6.12. The highest BCUT2D eigenvalue weighted by molar-refractivity contribution is 6.28. The Kier molecular flexibility index (Phi) is 6.14. The van der Waals surface area contributed by atoms with E-state index < -0.39 is 31.1 Å². The number of aliphatic hydroxyl groups excluding tert-OH is 3. The van der Waals surface area contributed by atoms with Gasteiger partial charge in [0.25, 0.3) is 0 Å². The van der Waals surface area contributed by atoms with Crippen LogP contribution >= 0.6 is 11.6 Å². The second-order valence-corrected chi connectivity index (χ2v) is 7.50. The van der Waals surface area contributed by atoms with E-state index >= 15 is 0 Å². The third kappa shape index (κ3) is 4.10. The Labute approximate surface area is 177 Å². The van der Waals surface area contributed by atoms with Crippen molar-refractivity contribution in [1.29, 1.82) is 0 Å². The predicted molar refractivity (Wildman–Crippen MR) is 110 cm³/mol. The smallest absolute Gasteiger partial charge is 0.226 e. The molecule has 160 valence electrons. The van der Waals surface area contributed by atoms with E-state index in [1.54, 1.807) is 0 Å². The van der Waals surface area contributed by atoms with Crippen LogP contribution in [0.15, 0.2) is 36.7 Å². The van der Waals surface area contributed by atoms with E-state index in [0.717, 1.165) is 6.42 Å². The molecule has 4 atom stereocenters. The summed E-state index contributed by atoms with van der Waals surface area (Å²) in [4.78, 5) is 12.8. The molecule has 0 aliphatic carbocycles. The third-order valence-corrected chi connectivity index (χ3v) is 5.23. The molecule has 1 aromatic carbocycles. The molecule has 10 nitrogen and oxygen atoms in total. The van der Waals surface area contributed by atoms with Crippen molar-refractivity contribution in [2.45, 2.75) is 31.0 Å². The average molecular weight is 435 g/mol. The van der Waals surface area contributed by atoms with Gasteiger partial charge in [-0.05, 0) is 23.6 Å². The Morgan fingerprint density at radius 3 is 2.67 bits per heavy atom. The number of ether oxygens (including phenoxy) is 1. The zero-order valence-corrected chi connectivity index (χ0v) is 17.0. The Morgan fingerprint density at radius 1 is 1.20 bits per heavy atom. The molecule has 2 aromatic heterocycles. The Balaban J connectivity index is 1.55. The first-order chi connectivity index (χ1) is 14.5. The number of likely N-dealkylation sites (N-methyl/N-ethyl adjacent to an activating group) is 1. The number of fused-ring (bicyclic) bond motifs is 1. The van der Waals surface area contributed by atoms with E-state index in [1.165, 1.54) is 16.5 Å². The van der Waals surface area contributed by atoms with Crippen LogP contribution in [0.3, 0.4) is 0 Å². The van der Waals surface area contributed by atoms with Crippen molar-refractivity contribution in [3.05, 3.63) is 47.5 Å². The monoisotopic (exact) mass is 434 g/mol. The summed E-state index contributed by atoms with van der Waals surface area (Å²) in [6.45, 7) is 0.290. The Bertz CT molecular complexity index is 1000. The van der Waals surface area contributed by atoms with Crippen LogP contribution < -0.4 is 5.43 Å². The third-order valence-electron chi connectivity index (χ3n) is 5.06. The van der Waals surface area contributed by atoms with Gasteiger partial charge in [0.05, 0.1) is 12.9 Å². The van der Waals surface area contributed by atoms with Crippen molar-refractivity contribution >= 4 is 28.6 Å². The molecule has 1 aliphatic heterocycles. The zero-order chi connectivity index (χ0) is 21.3. The predicted octanol–water partition coefficient (Wildman–Crippen LogP) is 0.593. The van der Waals surface area contributed by atoms with E-state index in [2.05, 4.69) is 32.5 Å². The molecule has 3 aromatic rings. The highest BCUT2D eigenvalue weighted by Crippen LogP contribution is 2.32. The van der Waals surface area contributed by atoms with Crippen LogP contribution in [0, 0.1) is 0 Å². The minimum absolute atomic E-state index is 0.00467. The Hall–Kier alpha value is -2.34. The maximum absolute atomic E-state index is 10.3. The number of aliphatic hydroxyl groups is 3. The van der Waals surface area contributed by atoms with E-state index in [1.807, 2.05) is 30.3 Å². The largest absolute Gasteiger partial charge is 0.394 e. The lowest BCUT2D eigenvalue weighted by molar-refractivity contribution is -0.0511. The molecule has 3 heterocycles. The molecule has 30 heavy (non-hydrogen) atoms. The van der Waals surface area contributed by atoms with Crippen molar-refractivity contribution in [2.75, 3.05) is 25.6 Å². The van der Waals surface area contributed by atoms with E-state index in [0.29, 0.717) is 23.5 Å². The van der Waals surface area contributed by atoms with E-state index in [9.17, 15) is 15.3 Å². The number of halogens is 1. The maximum atomic E-state index is 10.3. The van der Waals surface area contributed by atoms with Gasteiger partial charge in [0, 0.05) is 13.6 Å². The van der Waals surface area contributed by atoms with Crippen LogP contribution in [0.4, 0.5) is 5.82 Å². The first-order valence-electron chi connectivity index (χ1n) is 9.52. The SMILES string of the molecule is CN(CCc1ccccc1)Nc1nc(Cl)nc2c1ncn2[C@@H]1O[C@H](CO)C(O)C1O. The molecule has 0 radical (unpaired) electrons. The lowest BCUT2D eigenvalue weighted by atomic mass is 10.1. The second-order valence-electron chi connectivity index (χ2n) is 7.16. The molecule has 0 amide bonds. The standard InChI is InChI=1S/C19H23ClN6O4/c1-25(8-7-11-5-3-2-4-6-11)24-16-13-17(23-19(20)22-16)26(10-21-13)18-15(29)14(28)12(9-27)30-18/h2-6,10,12,14-15,18,27-29H,7-9H2,1H3,(H,22,23,24)/t12-,14?,15?,18-/m1/s1. The summed E-state index contributed by atoms with van der Waals surface area (Å²) < 4.78 is 7.05. The second kappa shape index (κ2) is 8.80. The fourth-order valence-corrected chi connectivity index (χ4v) is 3.61. The van der Waals surface area contributed by atoms with Gasteiger partial charge in [-0.25, -0.2) is 9.99 Å². The molecule has 1 fully saturated rings. The fourth-order valence-electron chi connectivity index (χ4n) is 3.44. The van der Waals surface area contributed by atoms with Gasteiger partial charge in [-0.15, -0.1) is 0 Å². The molecular formula is C19H23ClN6O4. The summed E-state index contributed by atoms with van der Waals surface area (Å²) in [5.41, 5.74) is 5.15. The van der Waals surface area contributed by atoms with Crippen molar-refractivity contribution in [2.24, 2.45) is 0 Å². The summed E-state index contributed by atoms with van der Waals surface area (Å²) in [5.74, 6) is 0.408. The van der Waals surface area contributed by atoms with Crippen LogP contribution in [-0.2, 0) is 11.2 Å². The number of nitrogens with zero attached hydrogens (tertiary/aromatic N) is 5. The number of hydrazine groups is 1. The number of rotatable bonds is 7. The quantitative estimate of drug-likeness (QED) is 0.312. The molecule has 1 saturated heterocycles. The summed E-state index contributed by atoms with van der Waals surface area (Å²) in [5, 5.41) is 31.5. The number of aromatic nitrogens is 4. The van der Waals surface area contributed by atoms with Gasteiger partial charge in [0.1, 0.15) is 18.3 Å². The number of nitrogens with one attached hydrogen (secondary N) is 1. The number of benzene rings is 1. The highest BCUT2D eigenvalue weighted by Gasteiger charge is 2.44. The Morgan fingerprint density at radius 2 is 1.97 bits per heavy atom. The summed E-state index contributed by atoms with van der Waals surface area (Å²) in [6, 6.07) is 10.1. The van der Waals surface area contributed by atoms with Crippen molar-refractivity contribution in [1.82, 2.24) is 24.5 Å². The van der Waals surface area contributed by atoms with Crippen molar-refractivity contribution in [3.63, 3.8) is 0 Å². The molecular weight excluding hydrogens is 412 g/mol. The number of hydrogen-bond acceptors (Lipinski definition) is 9. The number of imidazole rings is 1. The van der Waals surface area contributed by atoms with E-state index in [-0.39, 0.29) is 5.28 Å². The van der Waals surface area contributed by atoms with Crippen molar-refractivity contribution in [3.8, 4) is 0 Å². The lowest BCUT2D eigenvalue weighted by Crippen LogP contribution is -2.33. The topological polar surface area (TPSA) is 129 Å². The van der Waals surface area contributed by atoms with Gasteiger partial charge >= 0.3 is 0 Å². The summed E-state index contributed by atoms with van der Waals surface area (Å²) in [6.07, 6.45) is -2.07. The average Bonchev–Trinajstić information content (AvgIpc) is 3.28. The van der Waals surface area contributed by atoms with Crippen LogP contribution in [0.25, 0.3) is 11.2 Å². The first-order valence-corrected chi connectivity index (χ1v) is 9.90. The normalized spacial score (nSPS) is 24.1. The molecule has 0 spiro atoms. The molecule has 11 heteroatoms. The van der Waals surface area contributed by atoms with E-state index in [4.69, 9.17) is 16.3 Å². The zero-order valence-electron chi connectivity index (χ0n) is 16.3. The van der Waals surface area contributed by atoms with Crippen LogP contribution in [-0.4, -0.2) is 78.4 Å². The first kappa shape index (κ1) is 20.9. The number of anilines is 1. The van der Waals surface area contributed by atoms with Crippen LogP contribution in [0.1, 0.15) is 11.8 Å². The molecule has 4 rings (SSSR count). The minimum atomic E-state index is -1.25. The van der Waals surface area contributed by atoms with Crippen molar-refractivity contribution < 1.29 is 20.1 Å². The van der Waals surface area contributed by atoms with Gasteiger partial charge < -0.3 is 25.5 Å². The van der Waals surface area contributed by atoms with Gasteiger partial charge in [-0.1, -0.05) is 30.3 Å². The number of hydrogen-bond donors (Lipinski definition) is 4. The molecule has 2 unspecified atom stereocenters.